The third-order valence-electron chi connectivity index (χ3n) is 15.1. The van der Waals surface area contributed by atoms with Crippen LogP contribution >= 0.6 is 0 Å². The van der Waals surface area contributed by atoms with Crippen molar-refractivity contribution in [3.05, 3.63) is 51.6 Å². The van der Waals surface area contributed by atoms with Gasteiger partial charge in [-0.3, -0.25) is 47.9 Å². The van der Waals surface area contributed by atoms with Gasteiger partial charge in [-0.15, -0.1) is 0 Å². The molecule has 0 bridgehead atoms. The highest BCUT2D eigenvalue weighted by Crippen LogP contribution is 2.52. The SMILES string of the molecule is COCC(=O)NCC(=O)N1CCC[C@H]1C(=O)N[C@@H](CC(C)C)C(=O)NCC(=O)N[C@@H](CC(C)C)C(=O)N[C@@H](CC(C)C)C(=O)N[C@H]1C[C@H](O[C@H]2C[C@](O)(C(=O)CO)Cc3c(O)c4c(c(O)c32)C(=O)c2c(OC)cccc2C4=O)O[C@@H](C)[C@H]1O. The number of phenolic OH excluding ortho intramolecular Hbond substituents is 2. The summed E-state index contributed by atoms with van der Waals surface area (Å²) in [5.41, 5.74) is -4.54. The minimum atomic E-state index is -2.45. The highest BCUT2D eigenvalue weighted by atomic mass is 16.7. The molecule has 456 valence electrons. The largest absolute Gasteiger partial charge is 0.507 e. The van der Waals surface area contributed by atoms with Crippen LogP contribution in [0, 0.1) is 17.8 Å². The number of amides is 7. The van der Waals surface area contributed by atoms with Gasteiger partial charge in [-0.1, -0.05) is 53.7 Å². The Hall–Kier alpha value is -7.10. The first-order valence-corrected chi connectivity index (χ1v) is 27.9. The number of carbonyl (C=O) groups excluding carboxylic acids is 10. The standard InChI is InChI=1S/C57H79N7O19/c1-26(2)16-33(63-56(78)36-13-11-15-64(36)42(69)23-58-41(68)25-80-8)53(75)59-22-40(67)60-34(17-27(3)4)54(76)62-35(18-28(5)6)55(77)61-32-19-43(82-29(7)48(32)70)83-38-21-57(79,39(66)24-65)20-31-45(38)52(74)47-46(50(31)72)49(71)30-12-10-14-37(81-9)44(30)51(47)73/h10,12,14,26-29,32-36,38,43,48,65,70,72,74,79H,11,13,15-25H2,1-9H3,(H,58,68)(H,59,75)(H,60,67)(H,61,77)(H,62,76)(H,63,78)/t29-,32-,33-,34-,35-,36-,38-,43-,48+,57-/m0/s1. The molecule has 26 heteroatoms. The number of rotatable bonds is 25. The number of aliphatic hydroxyl groups is 3. The molecule has 11 N–H and O–H groups in total. The van der Waals surface area contributed by atoms with Crippen LogP contribution < -0.4 is 36.6 Å². The number of ether oxygens (including phenoxy) is 4. The van der Waals surface area contributed by atoms with E-state index in [1.165, 1.54) is 44.2 Å². The predicted molar refractivity (Wildman–Crippen MR) is 292 cm³/mol. The molecule has 0 aromatic heterocycles. The first kappa shape index (κ1) is 65.1. The molecule has 0 radical (unpaired) electrons. The number of hydrogen-bond acceptors (Lipinski definition) is 19. The summed E-state index contributed by atoms with van der Waals surface area (Å²) in [6.45, 7) is 10.3. The molecule has 2 aliphatic carbocycles. The maximum absolute atomic E-state index is 14.3. The van der Waals surface area contributed by atoms with Crippen LogP contribution in [0.5, 0.6) is 17.2 Å². The molecule has 2 saturated heterocycles. The van der Waals surface area contributed by atoms with E-state index in [0.717, 1.165) is 0 Å². The van der Waals surface area contributed by atoms with Gasteiger partial charge in [0.1, 0.15) is 66.3 Å². The van der Waals surface area contributed by atoms with Crippen molar-refractivity contribution in [2.24, 2.45) is 17.8 Å². The summed E-state index contributed by atoms with van der Waals surface area (Å²) in [6.07, 6.45) is -6.02. The lowest BCUT2D eigenvalue weighted by Gasteiger charge is -2.43. The number of methoxy groups -OCH3 is 2. The molecular formula is C57H79N7O19. The minimum absolute atomic E-state index is 0.0118. The molecule has 26 nitrogen and oxygen atoms in total. The highest BCUT2D eigenvalue weighted by Gasteiger charge is 2.51. The van der Waals surface area contributed by atoms with Crippen LogP contribution in [0.15, 0.2) is 18.2 Å². The number of ketones is 3. The number of fused-ring (bicyclic) bond motifs is 3. The summed E-state index contributed by atoms with van der Waals surface area (Å²) in [5.74, 6) is -9.42. The van der Waals surface area contributed by atoms with Gasteiger partial charge in [-0.2, -0.15) is 0 Å². The Balaban J connectivity index is 1.14. The summed E-state index contributed by atoms with van der Waals surface area (Å²) in [6, 6.07) is -1.42. The monoisotopic (exact) mass is 1170 g/mol. The van der Waals surface area contributed by atoms with Gasteiger partial charge in [0, 0.05) is 49.6 Å². The number of aromatic hydroxyl groups is 2. The Morgan fingerprint density at radius 3 is 2.02 bits per heavy atom. The number of Topliss-reactive ketones (excluding diaryl/α,β-unsaturated/α-hetero) is 1. The van der Waals surface area contributed by atoms with Crippen molar-refractivity contribution >= 4 is 58.7 Å². The van der Waals surface area contributed by atoms with Crippen LogP contribution in [-0.2, 0) is 59.0 Å². The molecule has 2 aliphatic heterocycles. The second kappa shape index (κ2) is 28.0. The average molecular weight is 1170 g/mol. The number of nitrogens with zero attached hydrogens (tertiary/aromatic N) is 1. The van der Waals surface area contributed by atoms with Gasteiger partial charge in [-0.25, -0.2) is 0 Å². The Bertz CT molecular complexity index is 2820. The number of benzene rings is 2. The number of aliphatic hydroxyl groups excluding tert-OH is 2. The van der Waals surface area contributed by atoms with E-state index in [1.54, 1.807) is 27.7 Å². The molecule has 0 unspecified atom stereocenters. The van der Waals surface area contributed by atoms with Crippen LogP contribution in [0.25, 0.3) is 0 Å². The van der Waals surface area contributed by atoms with Gasteiger partial charge >= 0.3 is 0 Å². The van der Waals surface area contributed by atoms with Gasteiger partial charge in [-0.05, 0) is 62.8 Å². The third kappa shape index (κ3) is 15.2. The van der Waals surface area contributed by atoms with Gasteiger partial charge in [0.2, 0.25) is 47.1 Å². The van der Waals surface area contributed by atoms with Gasteiger partial charge in [0.05, 0.1) is 55.1 Å². The van der Waals surface area contributed by atoms with E-state index < -0.39 is 168 Å². The number of likely N-dealkylation sites (tertiary alicyclic amines) is 1. The third-order valence-corrected chi connectivity index (χ3v) is 15.1. The van der Waals surface area contributed by atoms with E-state index in [9.17, 15) is 73.5 Å². The summed E-state index contributed by atoms with van der Waals surface area (Å²) < 4.78 is 22.5. The fourth-order valence-corrected chi connectivity index (χ4v) is 11.1. The van der Waals surface area contributed by atoms with Crippen molar-refractivity contribution in [3.63, 3.8) is 0 Å². The molecule has 0 saturated carbocycles. The van der Waals surface area contributed by atoms with Crippen LogP contribution in [0.1, 0.15) is 142 Å². The second-order valence-electron chi connectivity index (χ2n) is 22.9. The first-order valence-electron chi connectivity index (χ1n) is 27.9. The van der Waals surface area contributed by atoms with Crippen LogP contribution in [0.2, 0.25) is 0 Å². The minimum Gasteiger partial charge on any atom is -0.507 e. The highest BCUT2D eigenvalue weighted by molar-refractivity contribution is 6.31. The zero-order valence-electron chi connectivity index (χ0n) is 48.3. The number of carbonyl (C=O) groups is 10. The molecule has 0 spiro atoms. The number of hydrogen-bond donors (Lipinski definition) is 11. The number of nitrogens with one attached hydrogen (secondary N) is 6. The van der Waals surface area contributed by atoms with E-state index in [0.29, 0.717) is 12.8 Å². The maximum Gasteiger partial charge on any atom is 0.246 e. The Morgan fingerprint density at radius 2 is 1.41 bits per heavy atom. The molecular weight excluding hydrogens is 1090 g/mol. The van der Waals surface area contributed by atoms with Crippen molar-refractivity contribution < 1.29 is 92.4 Å². The van der Waals surface area contributed by atoms with Crippen LogP contribution in [0.3, 0.4) is 0 Å². The van der Waals surface area contributed by atoms with E-state index in [2.05, 4.69) is 31.9 Å². The van der Waals surface area contributed by atoms with E-state index in [4.69, 9.17) is 18.9 Å². The normalized spacial score (nSPS) is 23.0. The second-order valence-corrected chi connectivity index (χ2v) is 22.9. The molecule has 10 atom stereocenters. The summed E-state index contributed by atoms with van der Waals surface area (Å²) in [4.78, 5) is 137. The topological polar surface area (TPSA) is 384 Å². The Kier molecular flexibility index (Phi) is 21.9. The van der Waals surface area contributed by atoms with Gasteiger partial charge < -0.3 is 81.3 Å². The Labute approximate surface area is 480 Å². The zero-order chi connectivity index (χ0) is 61.4. The smallest absolute Gasteiger partial charge is 0.246 e. The molecule has 2 fully saturated rings. The van der Waals surface area contributed by atoms with E-state index in [-0.39, 0.29) is 91.1 Å². The molecule has 4 aliphatic rings. The van der Waals surface area contributed by atoms with Crippen molar-refractivity contribution in [2.75, 3.05) is 47.1 Å². The lowest BCUT2D eigenvalue weighted by atomic mass is 9.72. The Morgan fingerprint density at radius 1 is 0.783 bits per heavy atom. The lowest BCUT2D eigenvalue weighted by Crippen LogP contribution is -2.60. The van der Waals surface area contributed by atoms with Crippen molar-refractivity contribution in [1.29, 1.82) is 0 Å². The van der Waals surface area contributed by atoms with Crippen LogP contribution in [-0.4, -0.2) is 191 Å². The lowest BCUT2D eigenvalue weighted by molar-refractivity contribution is -0.249. The molecule has 2 aromatic carbocycles. The summed E-state index contributed by atoms with van der Waals surface area (Å²) in [7, 11) is 2.61. The van der Waals surface area contributed by atoms with Crippen molar-refractivity contribution in [3.8, 4) is 17.2 Å². The first-order chi connectivity index (χ1) is 39.1. The summed E-state index contributed by atoms with van der Waals surface area (Å²) in [5, 5.41) is 72.8. The summed E-state index contributed by atoms with van der Waals surface area (Å²) >= 11 is 0. The van der Waals surface area contributed by atoms with E-state index >= 15 is 0 Å². The molecule has 83 heavy (non-hydrogen) atoms. The fraction of sp³-hybridized carbons (Fsp3) is 0.614. The zero-order valence-corrected chi connectivity index (χ0v) is 48.3. The maximum atomic E-state index is 14.3. The van der Waals surface area contributed by atoms with Gasteiger partial charge in [0.15, 0.2) is 17.9 Å². The van der Waals surface area contributed by atoms with E-state index in [1.807, 2.05) is 13.8 Å². The molecule has 2 aromatic rings. The average Bonchev–Trinajstić information content (AvgIpc) is 1.39. The van der Waals surface area contributed by atoms with Crippen LogP contribution in [0.4, 0.5) is 0 Å². The number of phenols is 2. The quantitative estimate of drug-likeness (QED) is 0.0482. The predicted octanol–water partition coefficient (Wildman–Crippen LogP) is -0.379. The molecule has 2 heterocycles. The van der Waals surface area contributed by atoms with Crippen molar-refractivity contribution in [1.82, 2.24) is 36.8 Å². The fourth-order valence-electron chi connectivity index (χ4n) is 11.1. The molecule has 7 amide bonds. The molecule has 6 rings (SSSR count). The van der Waals surface area contributed by atoms with Gasteiger partial charge in [0.25, 0.3) is 0 Å². The van der Waals surface area contributed by atoms with Crippen molar-refractivity contribution in [2.45, 2.75) is 160 Å².